The first-order chi connectivity index (χ1) is 8.11. The van der Waals surface area contributed by atoms with Gasteiger partial charge in [-0.15, -0.1) is 0 Å². The van der Waals surface area contributed by atoms with Gasteiger partial charge in [-0.3, -0.25) is 0 Å². The quantitative estimate of drug-likeness (QED) is 0.864. The Morgan fingerprint density at radius 3 is 3.00 bits per heavy atom. The van der Waals surface area contributed by atoms with Gasteiger partial charge in [0.25, 0.3) is 0 Å². The molecule has 1 aromatic rings. The molecule has 1 aromatic carbocycles. The van der Waals surface area contributed by atoms with E-state index in [1.54, 1.807) is 19.2 Å². The molecule has 2 rings (SSSR count). The lowest BCUT2D eigenvalue weighted by molar-refractivity contribution is 0.0697. The Morgan fingerprint density at radius 2 is 2.35 bits per heavy atom. The zero-order valence-electron chi connectivity index (χ0n) is 10.1. The molecule has 92 valence electrons. The van der Waals surface area contributed by atoms with Crippen LogP contribution in [0.5, 0.6) is 0 Å². The third-order valence-electron chi connectivity index (χ3n) is 3.20. The molecule has 0 aromatic heterocycles. The van der Waals surface area contributed by atoms with Gasteiger partial charge in [0, 0.05) is 25.9 Å². The first-order valence-corrected chi connectivity index (χ1v) is 5.75. The summed E-state index contributed by atoms with van der Waals surface area (Å²) in [6.07, 6.45) is 1.09. The second kappa shape index (κ2) is 4.75. The summed E-state index contributed by atoms with van der Waals surface area (Å²) >= 11 is 0. The third-order valence-corrected chi connectivity index (χ3v) is 3.20. The number of hydrogen-bond donors (Lipinski definition) is 1. The molecule has 1 heterocycles. The lowest BCUT2D eigenvalue weighted by Crippen LogP contribution is -2.30. The summed E-state index contributed by atoms with van der Waals surface area (Å²) in [5.41, 5.74) is 2.62. The standard InChI is InChI=1S/C13H17NO3/c1-9(17-2)8-14-6-5-10-7-11(13(15)16)3-4-12(10)14/h3-4,7,9H,5-6,8H2,1-2H3,(H,15,16). The lowest BCUT2D eigenvalue weighted by Gasteiger charge is -2.22. The maximum absolute atomic E-state index is 10.9. The molecule has 1 aliphatic rings. The fourth-order valence-electron chi connectivity index (χ4n) is 2.18. The zero-order valence-corrected chi connectivity index (χ0v) is 10.1. The normalized spacial score (nSPS) is 15.8. The van der Waals surface area contributed by atoms with E-state index >= 15 is 0 Å². The number of methoxy groups -OCH3 is 1. The smallest absolute Gasteiger partial charge is 0.335 e. The highest BCUT2D eigenvalue weighted by atomic mass is 16.5. The topological polar surface area (TPSA) is 49.8 Å². The molecule has 0 saturated heterocycles. The number of hydrogen-bond acceptors (Lipinski definition) is 3. The van der Waals surface area contributed by atoms with Crippen molar-refractivity contribution in [2.24, 2.45) is 0 Å². The van der Waals surface area contributed by atoms with Crippen molar-refractivity contribution in [2.45, 2.75) is 19.4 Å². The Labute approximate surface area is 101 Å². The van der Waals surface area contributed by atoms with Gasteiger partial charge < -0.3 is 14.7 Å². The molecule has 0 fully saturated rings. The molecular formula is C13H17NO3. The Bertz CT molecular complexity index is 431. The highest BCUT2D eigenvalue weighted by molar-refractivity contribution is 5.88. The van der Waals surface area contributed by atoms with Crippen molar-refractivity contribution < 1.29 is 14.6 Å². The minimum absolute atomic E-state index is 0.181. The summed E-state index contributed by atoms with van der Waals surface area (Å²) in [5.74, 6) is -0.864. The molecule has 1 unspecified atom stereocenters. The number of nitrogens with zero attached hydrogens (tertiary/aromatic N) is 1. The number of carbonyl (C=O) groups is 1. The van der Waals surface area contributed by atoms with E-state index < -0.39 is 5.97 Å². The van der Waals surface area contributed by atoms with Crippen LogP contribution >= 0.6 is 0 Å². The fraction of sp³-hybridized carbons (Fsp3) is 0.462. The van der Waals surface area contributed by atoms with Crippen LogP contribution in [0.25, 0.3) is 0 Å². The number of rotatable bonds is 4. The van der Waals surface area contributed by atoms with Crippen LogP contribution in [0.15, 0.2) is 18.2 Å². The van der Waals surface area contributed by atoms with Crippen LogP contribution in [0.3, 0.4) is 0 Å². The Morgan fingerprint density at radius 1 is 1.59 bits per heavy atom. The number of carboxylic acids is 1. The first-order valence-electron chi connectivity index (χ1n) is 5.75. The van der Waals surface area contributed by atoms with Crippen molar-refractivity contribution in [3.63, 3.8) is 0 Å². The molecule has 0 radical (unpaired) electrons. The van der Waals surface area contributed by atoms with E-state index in [9.17, 15) is 4.79 Å². The minimum Gasteiger partial charge on any atom is -0.478 e. The second-order valence-electron chi connectivity index (χ2n) is 4.39. The predicted molar refractivity (Wildman–Crippen MR) is 65.8 cm³/mol. The number of aromatic carboxylic acids is 1. The van der Waals surface area contributed by atoms with Crippen molar-refractivity contribution >= 4 is 11.7 Å². The number of carboxylic acid groups (broad SMARTS) is 1. The van der Waals surface area contributed by atoms with Gasteiger partial charge in [0.1, 0.15) is 0 Å². The highest BCUT2D eigenvalue weighted by Gasteiger charge is 2.21. The monoisotopic (exact) mass is 235 g/mol. The molecule has 1 atom stereocenters. The van der Waals surface area contributed by atoms with Gasteiger partial charge in [0.2, 0.25) is 0 Å². The van der Waals surface area contributed by atoms with E-state index in [2.05, 4.69) is 4.90 Å². The van der Waals surface area contributed by atoms with E-state index in [4.69, 9.17) is 9.84 Å². The van der Waals surface area contributed by atoms with Gasteiger partial charge in [-0.05, 0) is 37.1 Å². The van der Waals surface area contributed by atoms with Gasteiger partial charge in [-0.25, -0.2) is 4.79 Å². The molecule has 0 amide bonds. The van der Waals surface area contributed by atoms with Gasteiger partial charge in [-0.2, -0.15) is 0 Å². The van der Waals surface area contributed by atoms with Crippen LogP contribution in [0.1, 0.15) is 22.8 Å². The van der Waals surface area contributed by atoms with E-state index in [0.29, 0.717) is 5.56 Å². The van der Waals surface area contributed by atoms with Crippen LogP contribution in [0.4, 0.5) is 5.69 Å². The SMILES string of the molecule is COC(C)CN1CCc2cc(C(=O)O)ccc21. The summed E-state index contributed by atoms with van der Waals surface area (Å²) in [4.78, 5) is 13.1. The van der Waals surface area contributed by atoms with E-state index in [0.717, 1.165) is 30.8 Å². The second-order valence-corrected chi connectivity index (χ2v) is 4.39. The number of anilines is 1. The largest absolute Gasteiger partial charge is 0.478 e. The number of benzene rings is 1. The predicted octanol–water partition coefficient (Wildman–Crippen LogP) is 1.78. The Hall–Kier alpha value is -1.55. The molecule has 1 aliphatic heterocycles. The van der Waals surface area contributed by atoms with Crippen molar-refractivity contribution in [3.05, 3.63) is 29.3 Å². The summed E-state index contributed by atoms with van der Waals surface area (Å²) < 4.78 is 5.25. The Balaban J connectivity index is 2.19. The zero-order chi connectivity index (χ0) is 12.4. The summed E-state index contributed by atoms with van der Waals surface area (Å²) in [6.45, 7) is 3.81. The van der Waals surface area contributed by atoms with Crippen LogP contribution in [-0.4, -0.2) is 37.4 Å². The minimum atomic E-state index is -0.864. The molecule has 0 aliphatic carbocycles. The van der Waals surface area contributed by atoms with Crippen LogP contribution in [0, 0.1) is 0 Å². The third kappa shape index (κ3) is 2.42. The molecule has 4 heteroatoms. The van der Waals surface area contributed by atoms with Crippen LogP contribution in [0.2, 0.25) is 0 Å². The van der Waals surface area contributed by atoms with E-state index in [1.165, 1.54) is 0 Å². The maximum Gasteiger partial charge on any atom is 0.335 e. The van der Waals surface area contributed by atoms with E-state index in [-0.39, 0.29) is 6.10 Å². The molecule has 4 nitrogen and oxygen atoms in total. The first kappa shape index (κ1) is 11.9. The lowest BCUT2D eigenvalue weighted by atomic mass is 10.1. The molecule has 0 bridgehead atoms. The number of fused-ring (bicyclic) bond motifs is 1. The van der Waals surface area contributed by atoms with Crippen LogP contribution < -0.4 is 4.90 Å². The highest BCUT2D eigenvalue weighted by Crippen LogP contribution is 2.29. The van der Waals surface area contributed by atoms with Gasteiger partial charge in [0.05, 0.1) is 11.7 Å². The average molecular weight is 235 g/mol. The Kier molecular flexibility index (Phi) is 3.33. The van der Waals surface area contributed by atoms with Gasteiger partial charge in [-0.1, -0.05) is 0 Å². The number of ether oxygens (including phenoxy) is 1. The molecular weight excluding hydrogens is 218 g/mol. The molecule has 0 spiro atoms. The summed E-state index contributed by atoms with van der Waals surface area (Å²) in [5, 5.41) is 8.93. The van der Waals surface area contributed by atoms with Gasteiger partial charge >= 0.3 is 5.97 Å². The molecule has 0 saturated carbocycles. The van der Waals surface area contributed by atoms with Crippen molar-refractivity contribution in [2.75, 3.05) is 25.1 Å². The summed E-state index contributed by atoms with van der Waals surface area (Å²) in [7, 11) is 1.70. The van der Waals surface area contributed by atoms with E-state index in [1.807, 2.05) is 13.0 Å². The van der Waals surface area contributed by atoms with Gasteiger partial charge in [0.15, 0.2) is 0 Å². The summed E-state index contributed by atoms with van der Waals surface area (Å²) in [6, 6.07) is 5.33. The maximum atomic E-state index is 10.9. The van der Waals surface area contributed by atoms with Crippen molar-refractivity contribution in [3.8, 4) is 0 Å². The molecule has 17 heavy (non-hydrogen) atoms. The fourth-order valence-corrected chi connectivity index (χ4v) is 2.18. The van der Waals surface area contributed by atoms with Crippen LogP contribution in [-0.2, 0) is 11.2 Å². The molecule has 1 N–H and O–H groups in total. The van der Waals surface area contributed by atoms with Crippen molar-refractivity contribution in [1.82, 2.24) is 0 Å². The average Bonchev–Trinajstić information content (AvgIpc) is 2.71. The van der Waals surface area contributed by atoms with Crippen molar-refractivity contribution in [1.29, 1.82) is 0 Å².